The molecule has 0 amide bonds. The number of ketones is 1. The van der Waals surface area contributed by atoms with Crippen LogP contribution >= 0.6 is 34.2 Å². The van der Waals surface area contributed by atoms with E-state index in [1.807, 2.05) is 27.6 Å². The predicted octanol–water partition coefficient (Wildman–Crippen LogP) is 2.17. The van der Waals surface area contributed by atoms with E-state index in [1.165, 1.54) is 19.2 Å². The Labute approximate surface area is 187 Å². The fourth-order valence-electron chi connectivity index (χ4n) is 3.28. The van der Waals surface area contributed by atoms with Crippen LogP contribution in [0.15, 0.2) is 45.2 Å². The molecule has 1 aliphatic rings. The Morgan fingerprint density at radius 3 is 2.87 bits per heavy atom. The number of H-pyrrole nitrogens is 1. The van der Waals surface area contributed by atoms with Gasteiger partial charge in [0.15, 0.2) is 11.3 Å². The summed E-state index contributed by atoms with van der Waals surface area (Å²) in [5, 5.41) is 14.8. The van der Waals surface area contributed by atoms with Gasteiger partial charge in [0.05, 0.1) is 12.7 Å². The minimum Gasteiger partial charge on any atom is -0.496 e. The number of ether oxygens (including phenoxy) is 2. The highest BCUT2D eigenvalue weighted by molar-refractivity contribution is 14.1. The summed E-state index contributed by atoms with van der Waals surface area (Å²) in [6, 6.07) is 6.21. The molecule has 3 atom stereocenters. The van der Waals surface area contributed by atoms with Crippen LogP contribution < -0.4 is 16.0 Å². The lowest BCUT2D eigenvalue weighted by Crippen LogP contribution is -2.56. The molecule has 30 heavy (non-hydrogen) atoms. The Morgan fingerprint density at radius 1 is 1.53 bits per heavy atom. The van der Waals surface area contributed by atoms with Crippen molar-refractivity contribution in [2.24, 2.45) is 5.11 Å². The van der Waals surface area contributed by atoms with E-state index in [1.54, 1.807) is 12.1 Å². The number of hydrogen-bond donors (Lipinski definition) is 2. The summed E-state index contributed by atoms with van der Waals surface area (Å²) in [5.41, 5.74) is 3.08. The van der Waals surface area contributed by atoms with Crippen LogP contribution in [-0.2, 0) is 4.74 Å². The van der Waals surface area contributed by atoms with Gasteiger partial charge in [-0.05, 0) is 17.7 Å². The normalized spacial score (nSPS) is 25.5. The molecule has 0 saturated carbocycles. The van der Waals surface area contributed by atoms with Crippen molar-refractivity contribution in [2.45, 2.75) is 24.0 Å². The maximum Gasteiger partial charge on any atom is 0.330 e. The van der Waals surface area contributed by atoms with Crippen LogP contribution in [0.1, 0.15) is 23.0 Å². The van der Waals surface area contributed by atoms with Gasteiger partial charge in [0.1, 0.15) is 17.0 Å². The number of aromatic amines is 1. The molecule has 1 aromatic heterocycles. The van der Waals surface area contributed by atoms with Crippen molar-refractivity contribution >= 4 is 40.0 Å². The van der Waals surface area contributed by atoms with Crippen molar-refractivity contribution in [3.8, 4) is 5.75 Å². The third-order valence-corrected chi connectivity index (χ3v) is 6.10. The molecule has 3 rings (SSSR count). The van der Waals surface area contributed by atoms with Gasteiger partial charge in [-0.3, -0.25) is 19.1 Å². The molecule has 2 heterocycles. The summed E-state index contributed by atoms with van der Waals surface area (Å²) in [6.45, 7) is 0. The summed E-state index contributed by atoms with van der Waals surface area (Å²) in [5.74, 6) is -0.609. The highest BCUT2D eigenvalue weighted by Crippen LogP contribution is 2.48. The number of carbonyl (C=O) groups is 1. The number of rotatable bonds is 6. The summed E-state index contributed by atoms with van der Waals surface area (Å²) < 4.78 is 11.8. The number of Topliss-reactive ketones (excluding diaryl/α,β-unsaturated/α-hetero) is 1. The zero-order valence-electron chi connectivity index (χ0n) is 15.4. The number of benzene rings is 1. The van der Waals surface area contributed by atoms with E-state index in [0.717, 1.165) is 10.8 Å². The SMILES string of the molecule is COc1ccccc1C(=O)[C@]1(O)C[C@@H](n2cc(Cl)c(=O)[nH]c2=O)O[C@@]1(CI)N=[N+]=[N-]. The Bertz CT molecular complexity index is 1160. The van der Waals surface area contributed by atoms with Crippen LogP contribution in [0.4, 0.5) is 0 Å². The molecule has 1 aromatic carbocycles. The summed E-state index contributed by atoms with van der Waals surface area (Å²) in [6.07, 6.45) is -0.676. The van der Waals surface area contributed by atoms with Gasteiger partial charge in [-0.25, -0.2) is 4.79 Å². The second-order valence-corrected chi connectivity index (χ2v) is 7.59. The van der Waals surface area contributed by atoms with E-state index in [-0.39, 0.29) is 20.8 Å². The summed E-state index contributed by atoms with van der Waals surface area (Å²) >= 11 is 7.62. The third-order valence-electron chi connectivity index (χ3n) is 4.80. The van der Waals surface area contributed by atoms with Crippen molar-refractivity contribution in [1.82, 2.24) is 9.55 Å². The van der Waals surface area contributed by atoms with Crippen molar-refractivity contribution in [2.75, 3.05) is 11.5 Å². The van der Waals surface area contributed by atoms with Crippen molar-refractivity contribution in [3.63, 3.8) is 0 Å². The lowest BCUT2D eigenvalue weighted by molar-refractivity contribution is -0.106. The molecule has 0 bridgehead atoms. The summed E-state index contributed by atoms with van der Waals surface area (Å²) in [4.78, 5) is 42.0. The third kappa shape index (κ3) is 3.50. The van der Waals surface area contributed by atoms with E-state index >= 15 is 0 Å². The van der Waals surface area contributed by atoms with Crippen molar-refractivity contribution in [1.29, 1.82) is 0 Å². The zero-order valence-corrected chi connectivity index (χ0v) is 18.3. The number of nitrogens with zero attached hydrogens (tertiary/aromatic N) is 4. The van der Waals surface area contributed by atoms with Gasteiger partial charge in [-0.1, -0.05) is 51.4 Å². The molecule has 2 N–H and O–H groups in total. The molecule has 0 unspecified atom stereocenters. The predicted molar refractivity (Wildman–Crippen MR) is 114 cm³/mol. The highest BCUT2D eigenvalue weighted by atomic mass is 127. The van der Waals surface area contributed by atoms with Crippen LogP contribution in [0.3, 0.4) is 0 Å². The van der Waals surface area contributed by atoms with Gasteiger partial charge < -0.3 is 14.6 Å². The molecule has 0 radical (unpaired) electrons. The number of hydrogen-bond acceptors (Lipinski definition) is 7. The molecule has 0 spiro atoms. The van der Waals surface area contributed by atoms with E-state index in [4.69, 9.17) is 26.6 Å². The molecule has 11 nitrogen and oxygen atoms in total. The minimum absolute atomic E-state index is 0.0426. The molecule has 1 saturated heterocycles. The van der Waals surface area contributed by atoms with Crippen LogP contribution in [-0.4, -0.2) is 43.3 Å². The maximum atomic E-state index is 13.4. The van der Waals surface area contributed by atoms with Crippen LogP contribution in [0.5, 0.6) is 5.75 Å². The number of azide groups is 1. The molecular formula is C17H15ClIN5O6. The lowest BCUT2D eigenvalue weighted by Gasteiger charge is -2.34. The Hall–Kier alpha value is -2.38. The standard InChI is InChI=1S/C17H15ClIN5O6/c1-29-11-5-3-2-4-9(11)13(25)16(28)6-12(30-17(16,8-19)22-23-20)24-7-10(18)14(26)21-15(24)27/h2-5,7,12,28H,6,8H2,1H3,(H,21,26,27)/t12-,16+,17+/m0/s1. The van der Waals surface area contributed by atoms with Crippen molar-refractivity contribution in [3.05, 3.63) is 72.3 Å². The molecule has 1 fully saturated rings. The maximum absolute atomic E-state index is 13.4. The van der Waals surface area contributed by atoms with Crippen LogP contribution in [0, 0.1) is 0 Å². The molecule has 2 aromatic rings. The van der Waals surface area contributed by atoms with E-state index in [2.05, 4.69) is 10.0 Å². The lowest BCUT2D eigenvalue weighted by atomic mass is 9.83. The van der Waals surface area contributed by atoms with Crippen LogP contribution in [0.2, 0.25) is 5.02 Å². The Morgan fingerprint density at radius 2 is 2.23 bits per heavy atom. The highest BCUT2D eigenvalue weighted by Gasteiger charge is 2.64. The fraction of sp³-hybridized carbons (Fsp3) is 0.353. The van der Waals surface area contributed by atoms with Gasteiger partial charge in [0, 0.05) is 22.0 Å². The molecule has 13 heteroatoms. The number of para-hydroxylation sites is 1. The van der Waals surface area contributed by atoms with E-state index in [9.17, 15) is 19.5 Å². The average Bonchev–Trinajstić information content (AvgIpc) is 3.04. The Kier molecular flexibility index (Phi) is 6.24. The number of nitrogens with one attached hydrogen (secondary N) is 1. The number of aliphatic hydroxyl groups is 1. The van der Waals surface area contributed by atoms with Crippen LogP contribution in [0.25, 0.3) is 10.4 Å². The first-order valence-electron chi connectivity index (χ1n) is 8.44. The molecule has 0 aliphatic carbocycles. The number of carbonyl (C=O) groups excluding carboxylic acids is 1. The largest absolute Gasteiger partial charge is 0.496 e. The first-order valence-corrected chi connectivity index (χ1v) is 10.3. The molecule has 158 valence electrons. The van der Waals surface area contributed by atoms with E-state index < -0.39 is 41.0 Å². The quantitative estimate of drug-likeness (QED) is 0.141. The molecular weight excluding hydrogens is 533 g/mol. The first-order chi connectivity index (χ1) is 14.2. The number of alkyl halides is 1. The number of aromatic nitrogens is 2. The molecule has 1 aliphatic heterocycles. The fourth-order valence-corrected chi connectivity index (χ4v) is 4.39. The number of methoxy groups -OCH3 is 1. The van der Waals surface area contributed by atoms with E-state index in [0.29, 0.717) is 0 Å². The minimum atomic E-state index is -2.35. The Balaban J connectivity index is 2.17. The smallest absolute Gasteiger partial charge is 0.330 e. The number of halogens is 2. The monoisotopic (exact) mass is 547 g/mol. The zero-order chi connectivity index (χ0) is 22.1. The van der Waals surface area contributed by atoms with Gasteiger partial charge in [0.2, 0.25) is 5.78 Å². The first kappa shape index (κ1) is 22.3. The van der Waals surface area contributed by atoms with Gasteiger partial charge in [-0.2, -0.15) is 0 Å². The van der Waals surface area contributed by atoms with Gasteiger partial charge in [-0.15, -0.1) is 0 Å². The van der Waals surface area contributed by atoms with Gasteiger partial charge >= 0.3 is 5.69 Å². The summed E-state index contributed by atoms with van der Waals surface area (Å²) in [7, 11) is 1.37. The second-order valence-electron chi connectivity index (χ2n) is 6.42. The van der Waals surface area contributed by atoms with Crippen molar-refractivity contribution < 1.29 is 19.4 Å². The topological polar surface area (TPSA) is 159 Å². The average molecular weight is 548 g/mol. The van der Waals surface area contributed by atoms with Gasteiger partial charge in [0.25, 0.3) is 5.56 Å². The second kappa shape index (κ2) is 8.40.